The molecule has 4 heteroatoms. The average Bonchev–Trinajstić information content (AvgIpc) is 2.71. The van der Waals surface area contributed by atoms with Gasteiger partial charge < -0.3 is 15.2 Å². The summed E-state index contributed by atoms with van der Waals surface area (Å²) in [5.74, 6) is -0.0876. The minimum Gasteiger partial charge on any atom is -0.480 e. The fraction of sp³-hybridized carbons (Fsp3) is 0.938. The molecule has 2 aliphatic rings. The van der Waals surface area contributed by atoms with Gasteiger partial charge in [0.25, 0.3) is 0 Å². The van der Waals surface area contributed by atoms with Crippen LogP contribution >= 0.6 is 0 Å². The van der Waals surface area contributed by atoms with Gasteiger partial charge >= 0.3 is 5.97 Å². The lowest BCUT2D eigenvalue weighted by Gasteiger charge is -2.39. The van der Waals surface area contributed by atoms with Crippen LogP contribution in [0.1, 0.15) is 53.4 Å². The molecule has 2 saturated carbocycles. The second kappa shape index (κ2) is 5.64. The Morgan fingerprint density at radius 1 is 1.45 bits per heavy atom. The van der Waals surface area contributed by atoms with Crippen molar-refractivity contribution in [2.24, 2.45) is 16.7 Å². The molecular weight excluding hydrogens is 254 g/mol. The van der Waals surface area contributed by atoms with Gasteiger partial charge in [0, 0.05) is 0 Å². The minimum atomic E-state index is -0.814. The van der Waals surface area contributed by atoms with Crippen molar-refractivity contribution < 1.29 is 14.6 Å². The standard InChI is InChI=1S/C16H29NO3/c1-5-8-17-12(14(18)19)10-20-13-9-11-6-7-16(13,4)15(11,2)3/h11-13,17H,5-10H2,1-4H3,(H,18,19). The molecule has 0 radical (unpaired) electrons. The van der Waals surface area contributed by atoms with Gasteiger partial charge in [-0.2, -0.15) is 0 Å². The van der Waals surface area contributed by atoms with Crippen molar-refractivity contribution in [3.63, 3.8) is 0 Å². The van der Waals surface area contributed by atoms with Gasteiger partial charge in [0.05, 0.1) is 12.7 Å². The summed E-state index contributed by atoms with van der Waals surface area (Å²) in [6.07, 6.45) is 4.72. The van der Waals surface area contributed by atoms with Crippen LogP contribution in [-0.4, -0.2) is 36.4 Å². The maximum absolute atomic E-state index is 11.2. The summed E-state index contributed by atoms with van der Waals surface area (Å²) in [6.45, 7) is 10.0. The summed E-state index contributed by atoms with van der Waals surface area (Å²) in [6, 6.07) is -0.583. The zero-order valence-corrected chi connectivity index (χ0v) is 13.2. The van der Waals surface area contributed by atoms with Gasteiger partial charge in [-0.3, -0.25) is 4.79 Å². The second-order valence-electron chi connectivity index (χ2n) is 7.28. The summed E-state index contributed by atoms with van der Waals surface area (Å²) in [5, 5.41) is 12.3. The molecule has 4 nitrogen and oxygen atoms in total. The molecule has 2 fully saturated rings. The molecule has 2 N–H and O–H groups in total. The third kappa shape index (κ3) is 2.48. The molecule has 0 spiro atoms. The third-order valence-electron chi connectivity index (χ3n) is 6.12. The molecule has 2 bridgehead atoms. The van der Waals surface area contributed by atoms with Crippen molar-refractivity contribution in [3.8, 4) is 0 Å². The fourth-order valence-corrected chi connectivity index (χ4v) is 4.13. The van der Waals surface area contributed by atoms with E-state index >= 15 is 0 Å². The largest absolute Gasteiger partial charge is 0.480 e. The van der Waals surface area contributed by atoms with Crippen LogP contribution in [0.15, 0.2) is 0 Å². The highest BCUT2D eigenvalue weighted by Gasteiger charge is 2.61. The average molecular weight is 283 g/mol. The molecule has 2 rings (SSSR count). The first-order valence-corrected chi connectivity index (χ1v) is 7.90. The Morgan fingerprint density at radius 3 is 2.60 bits per heavy atom. The first-order chi connectivity index (χ1) is 9.33. The number of ether oxygens (including phenoxy) is 1. The molecule has 0 amide bonds. The Kier molecular flexibility index (Phi) is 4.45. The van der Waals surface area contributed by atoms with Crippen LogP contribution in [0.2, 0.25) is 0 Å². The number of carbonyl (C=O) groups is 1. The smallest absolute Gasteiger partial charge is 0.323 e. The lowest BCUT2D eigenvalue weighted by molar-refractivity contribution is -0.143. The number of hydrogen-bond acceptors (Lipinski definition) is 3. The van der Waals surface area contributed by atoms with Crippen LogP contribution in [-0.2, 0) is 9.53 Å². The molecule has 116 valence electrons. The van der Waals surface area contributed by atoms with Crippen LogP contribution in [0.4, 0.5) is 0 Å². The van der Waals surface area contributed by atoms with Crippen LogP contribution < -0.4 is 5.32 Å². The van der Waals surface area contributed by atoms with E-state index in [1.807, 2.05) is 6.92 Å². The minimum absolute atomic E-state index is 0.200. The maximum atomic E-state index is 11.2. The Balaban J connectivity index is 1.93. The summed E-state index contributed by atoms with van der Waals surface area (Å²) in [4.78, 5) is 11.2. The SMILES string of the molecule is CCCNC(COC1CC2CCC1(C)C2(C)C)C(=O)O. The van der Waals surface area contributed by atoms with E-state index in [1.165, 1.54) is 12.8 Å². The number of fused-ring (bicyclic) bond motifs is 2. The van der Waals surface area contributed by atoms with Crippen molar-refractivity contribution in [2.45, 2.75) is 65.5 Å². The predicted molar refractivity (Wildman–Crippen MR) is 78.7 cm³/mol. The zero-order chi connectivity index (χ0) is 15.0. The van der Waals surface area contributed by atoms with Gasteiger partial charge in [-0.1, -0.05) is 27.7 Å². The summed E-state index contributed by atoms with van der Waals surface area (Å²) in [7, 11) is 0. The molecule has 0 saturated heterocycles. The highest BCUT2D eigenvalue weighted by atomic mass is 16.5. The van der Waals surface area contributed by atoms with Crippen molar-refractivity contribution in [1.82, 2.24) is 5.32 Å². The summed E-state index contributed by atoms with van der Waals surface area (Å²) in [5.41, 5.74) is 0.513. The van der Waals surface area contributed by atoms with E-state index in [4.69, 9.17) is 4.74 Å². The van der Waals surface area contributed by atoms with Gasteiger partial charge in [0.15, 0.2) is 0 Å². The van der Waals surface area contributed by atoms with E-state index in [0.717, 1.165) is 25.3 Å². The van der Waals surface area contributed by atoms with Gasteiger partial charge in [-0.25, -0.2) is 0 Å². The lowest BCUT2D eigenvalue weighted by Crippen LogP contribution is -2.44. The van der Waals surface area contributed by atoms with Gasteiger partial charge in [-0.05, 0) is 49.0 Å². The number of rotatable bonds is 7. The van der Waals surface area contributed by atoms with Gasteiger partial charge in [0.2, 0.25) is 0 Å². The highest BCUT2D eigenvalue weighted by Crippen LogP contribution is 2.66. The molecule has 0 heterocycles. The molecule has 20 heavy (non-hydrogen) atoms. The normalized spacial score (nSPS) is 36.2. The molecule has 2 aliphatic carbocycles. The number of carboxylic acids is 1. The number of carboxylic acid groups (broad SMARTS) is 1. The van der Waals surface area contributed by atoms with Crippen molar-refractivity contribution >= 4 is 5.97 Å². The Labute approximate surface area is 122 Å². The Hall–Kier alpha value is -0.610. The van der Waals surface area contributed by atoms with E-state index in [9.17, 15) is 9.90 Å². The quantitative estimate of drug-likeness (QED) is 0.754. The summed E-state index contributed by atoms with van der Waals surface area (Å²) < 4.78 is 6.05. The molecule has 0 aromatic carbocycles. The number of aliphatic carboxylic acids is 1. The van der Waals surface area contributed by atoms with Crippen molar-refractivity contribution in [2.75, 3.05) is 13.2 Å². The van der Waals surface area contributed by atoms with Gasteiger partial charge in [0.1, 0.15) is 6.04 Å². The molecule has 4 atom stereocenters. The Bertz CT molecular complexity index is 369. The van der Waals surface area contributed by atoms with Crippen LogP contribution in [0.5, 0.6) is 0 Å². The fourth-order valence-electron chi connectivity index (χ4n) is 4.13. The number of hydrogen-bond donors (Lipinski definition) is 2. The highest BCUT2D eigenvalue weighted by molar-refractivity contribution is 5.73. The monoisotopic (exact) mass is 283 g/mol. The Morgan fingerprint density at radius 2 is 2.15 bits per heavy atom. The first-order valence-electron chi connectivity index (χ1n) is 7.90. The molecule has 0 aromatic rings. The van der Waals surface area contributed by atoms with E-state index in [1.54, 1.807) is 0 Å². The summed E-state index contributed by atoms with van der Waals surface area (Å²) >= 11 is 0. The second-order valence-corrected chi connectivity index (χ2v) is 7.28. The lowest BCUT2D eigenvalue weighted by atomic mass is 9.70. The van der Waals surface area contributed by atoms with Gasteiger partial charge in [-0.15, -0.1) is 0 Å². The molecule has 0 aliphatic heterocycles. The zero-order valence-electron chi connectivity index (χ0n) is 13.2. The van der Waals surface area contributed by atoms with Crippen LogP contribution in [0, 0.1) is 16.7 Å². The first kappa shape index (κ1) is 15.8. The predicted octanol–water partition coefficient (Wildman–Crippen LogP) is 2.67. The van der Waals surface area contributed by atoms with E-state index < -0.39 is 12.0 Å². The van der Waals surface area contributed by atoms with Crippen LogP contribution in [0.3, 0.4) is 0 Å². The van der Waals surface area contributed by atoms with E-state index in [-0.39, 0.29) is 18.1 Å². The molecule has 0 aromatic heterocycles. The maximum Gasteiger partial charge on any atom is 0.323 e. The van der Waals surface area contributed by atoms with E-state index in [2.05, 4.69) is 26.1 Å². The topological polar surface area (TPSA) is 58.6 Å². The van der Waals surface area contributed by atoms with Crippen molar-refractivity contribution in [1.29, 1.82) is 0 Å². The van der Waals surface area contributed by atoms with E-state index in [0.29, 0.717) is 5.41 Å². The van der Waals surface area contributed by atoms with Crippen LogP contribution in [0.25, 0.3) is 0 Å². The van der Waals surface area contributed by atoms with Crippen molar-refractivity contribution in [3.05, 3.63) is 0 Å². The number of nitrogens with one attached hydrogen (secondary N) is 1. The molecule has 4 unspecified atom stereocenters. The molecular formula is C16H29NO3. The third-order valence-corrected chi connectivity index (χ3v) is 6.12.